The van der Waals surface area contributed by atoms with E-state index in [0.29, 0.717) is 18.2 Å². The molecule has 40 heavy (non-hydrogen) atoms. The summed E-state index contributed by atoms with van der Waals surface area (Å²) in [6.07, 6.45) is 0. The second-order valence-electron chi connectivity index (χ2n) is 8.57. The highest BCUT2D eigenvalue weighted by Crippen LogP contribution is 2.47. The zero-order valence-corrected chi connectivity index (χ0v) is 20.6. The maximum atomic E-state index is 12.1. The standard InChI is InChI=1S/C22H16N6O12/c1-10-4-13(19(26(35)36)7-16(10)23(29)30)22(14-5-11(2)17(24(31)32)8-20(14)27(37)38)15-6-12(3)18(25(33)34)9-21(15)28(39)40/h4-9,22H,1-3H3. The molecular weight excluding hydrogens is 540 g/mol. The van der Waals surface area contributed by atoms with Gasteiger partial charge in [-0.05, 0) is 39.0 Å². The Morgan fingerprint density at radius 1 is 0.400 bits per heavy atom. The van der Waals surface area contributed by atoms with Crippen molar-refractivity contribution in [2.75, 3.05) is 0 Å². The third-order valence-corrected chi connectivity index (χ3v) is 6.15. The van der Waals surface area contributed by atoms with Crippen LogP contribution in [0.3, 0.4) is 0 Å². The molecule has 0 aliphatic heterocycles. The van der Waals surface area contributed by atoms with E-state index in [9.17, 15) is 60.7 Å². The van der Waals surface area contributed by atoms with E-state index < -0.39 is 86.3 Å². The first kappa shape index (κ1) is 28.6. The maximum Gasteiger partial charge on any atom is 0.280 e. The average molecular weight is 556 g/mol. The third-order valence-electron chi connectivity index (χ3n) is 6.15. The minimum absolute atomic E-state index is 0.141. The number of nitro benzene ring substituents is 6. The van der Waals surface area contributed by atoms with Gasteiger partial charge < -0.3 is 0 Å². The van der Waals surface area contributed by atoms with Gasteiger partial charge in [0.15, 0.2) is 0 Å². The Hall–Kier alpha value is -5.94. The first-order valence-corrected chi connectivity index (χ1v) is 10.9. The lowest BCUT2D eigenvalue weighted by Crippen LogP contribution is -2.13. The van der Waals surface area contributed by atoms with Crippen molar-refractivity contribution in [3.05, 3.63) is 130 Å². The van der Waals surface area contributed by atoms with Gasteiger partial charge in [0.25, 0.3) is 34.1 Å². The van der Waals surface area contributed by atoms with Crippen molar-refractivity contribution < 1.29 is 29.5 Å². The third kappa shape index (κ3) is 5.08. The van der Waals surface area contributed by atoms with Crippen LogP contribution >= 0.6 is 0 Å². The van der Waals surface area contributed by atoms with Crippen LogP contribution in [0, 0.1) is 81.5 Å². The number of hydrogen-bond donors (Lipinski definition) is 0. The summed E-state index contributed by atoms with van der Waals surface area (Å²) in [6, 6.07) is 4.65. The quantitative estimate of drug-likeness (QED) is 0.186. The molecule has 0 aromatic heterocycles. The molecule has 0 bridgehead atoms. The predicted octanol–water partition coefficient (Wildman–Crippen LogP) is 5.24. The van der Waals surface area contributed by atoms with Crippen molar-refractivity contribution in [3.8, 4) is 0 Å². The fraction of sp³-hybridized carbons (Fsp3) is 0.182. The molecule has 18 heteroatoms. The molecule has 18 nitrogen and oxygen atoms in total. The number of nitrogens with zero attached hydrogens (tertiary/aromatic N) is 6. The van der Waals surface area contributed by atoms with Gasteiger partial charge in [-0.3, -0.25) is 60.7 Å². The molecule has 206 valence electrons. The van der Waals surface area contributed by atoms with Crippen molar-refractivity contribution in [3.63, 3.8) is 0 Å². The highest BCUT2D eigenvalue weighted by atomic mass is 16.6. The van der Waals surface area contributed by atoms with E-state index in [0.717, 1.165) is 18.2 Å². The first-order valence-electron chi connectivity index (χ1n) is 10.9. The topological polar surface area (TPSA) is 259 Å². The van der Waals surface area contributed by atoms with Crippen LogP contribution in [-0.2, 0) is 0 Å². The van der Waals surface area contributed by atoms with E-state index in [2.05, 4.69) is 0 Å². The summed E-state index contributed by atoms with van der Waals surface area (Å²) in [6.45, 7) is 3.65. The Morgan fingerprint density at radius 2 is 0.600 bits per heavy atom. The monoisotopic (exact) mass is 556 g/mol. The summed E-state index contributed by atoms with van der Waals surface area (Å²) in [4.78, 5) is 64.8. The van der Waals surface area contributed by atoms with E-state index in [-0.39, 0.29) is 16.7 Å². The van der Waals surface area contributed by atoms with Gasteiger partial charge in [-0.25, -0.2) is 0 Å². The summed E-state index contributed by atoms with van der Waals surface area (Å²) >= 11 is 0. The van der Waals surface area contributed by atoms with Crippen molar-refractivity contribution >= 4 is 34.1 Å². The number of hydrogen-bond acceptors (Lipinski definition) is 12. The van der Waals surface area contributed by atoms with Crippen LogP contribution in [0.15, 0.2) is 36.4 Å². The van der Waals surface area contributed by atoms with E-state index in [1.165, 1.54) is 20.8 Å². The molecule has 0 N–H and O–H groups in total. The molecule has 0 heterocycles. The van der Waals surface area contributed by atoms with Gasteiger partial charge in [0.1, 0.15) is 0 Å². The molecule has 3 aromatic rings. The Kier molecular flexibility index (Phi) is 7.47. The summed E-state index contributed by atoms with van der Waals surface area (Å²) in [5.41, 5.74) is -6.64. The van der Waals surface area contributed by atoms with Gasteiger partial charge in [0.05, 0.1) is 53.7 Å². The minimum atomic E-state index is -1.79. The predicted molar refractivity (Wildman–Crippen MR) is 134 cm³/mol. The van der Waals surface area contributed by atoms with Crippen molar-refractivity contribution in [2.24, 2.45) is 0 Å². The number of nitro groups is 6. The minimum Gasteiger partial charge on any atom is -0.258 e. The van der Waals surface area contributed by atoms with Gasteiger partial charge in [-0.2, -0.15) is 0 Å². The Labute approximate surface area is 221 Å². The molecule has 0 unspecified atom stereocenters. The Balaban J connectivity index is 2.64. The smallest absolute Gasteiger partial charge is 0.258 e. The van der Waals surface area contributed by atoms with Crippen LogP contribution in [0.2, 0.25) is 0 Å². The van der Waals surface area contributed by atoms with Gasteiger partial charge in [-0.15, -0.1) is 0 Å². The molecule has 0 spiro atoms. The lowest BCUT2D eigenvalue weighted by atomic mass is 9.80. The van der Waals surface area contributed by atoms with Gasteiger partial charge in [-0.1, -0.05) is 0 Å². The summed E-state index contributed by atoms with van der Waals surface area (Å²) in [5.74, 6) is -1.79. The Morgan fingerprint density at radius 3 is 0.775 bits per heavy atom. The van der Waals surface area contributed by atoms with Crippen molar-refractivity contribution in [1.29, 1.82) is 0 Å². The molecule has 3 rings (SSSR count). The highest BCUT2D eigenvalue weighted by molar-refractivity contribution is 5.68. The molecule has 0 fully saturated rings. The second kappa shape index (κ2) is 10.4. The lowest BCUT2D eigenvalue weighted by Gasteiger charge is -2.20. The van der Waals surface area contributed by atoms with Gasteiger partial charge >= 0.3 is 0 Å². The van der Waals surface area contributed by atoms with Crippen LogP contribution in [0.5, 0.6) is 0 Å². The van der Waals surface area contributed by atoms with Crippen LogP contribution in [0.1, 0.15) is 39.3 Å². The highest BCUT2D eigenvalue weighted by Gasteiger charge is 2.39. The normalized spacial score (nSPS) is 10.8. The second-order valence-corrected chi connectivity index (χ2v) is 8.57. The first-order chi connectivity index (χ1) is 18.6. The average Bonchev–Trinajstić information content (AvgIpc) is 2.83. The molecule has 0 amide bonds. The summed E-state index contributed by atoms with van der Waals surface area (Å²) in [7, 11) is 0. The number of rotatable bonds is 9. The van der Waals surface area contributed by atoms with E-state index in [1.807, 2.05) is 0 Å². The van der Waals surface area contributed by atoms with Gasteiger partial charge in [0.2, 0.25) is 0 Å². The van der Waals surface area contributed by atoms with Crippen molar-refractivity contribution in [2.45, 2.75) is 26.7 Å². The fourth-order valence-corrected chi connectivity index (χ4v) is 4.38. The van der Waals surface area contributed by atoms with Crippen LogP contribution in [-0.4, -0.2) is 29.5 Å². The molecule has 0 aliphatic rings. The molecule has 3 aromatic carbocycles. The summed E-state index contributed by atoms with van der Waals surface area (Å²) in [5, 5.41) is 70.6. The van der Waals surface area contributed by atoms with Crippen LogP contribution in [0.4, 0.5) is 34.1 Å². The molecule has 0 atom stereocenters. The SMILES string of the molecule is Cc1cc(C(c2cc(C)c([N+](=O)[O-])cc2[N+](=O)[O-])c2cc(C)c([N+](=O)[O-])cc2[N+](=O)[O-])c([N+](=O)[O-])cc1[N+](=O)[O-]. The van der Waals surface area contributed by atoms with Crippen LogP contribution in [0.25, 0.3) is 0 Å². The molecule has 0 aliphatic carbocycles. The fourth-order valence-electron chi connectivity index (χ4n) is 4.38. The van der Waals surface area contributed by atoms with E-state index >= 15 is 0 Å². The number of aryl methyl sites for hydroxylation is 3. The maximum absolute atomic E-state index is 12.1. The van der Waals surface area contributed by atoms with E-state index in [1.54, 1.807) is 0 Å². The Bertz CT molecular complexity index is 1470. The zero-order chi connectivity index (χ0) is 30.2. The number of benzene rings is 3. The molecule has 0 saturated heterocycles. The van der Waals surface area contributed by atoms with Crippen molar-refractivity contribution in [1.82, 2.24) is 0 Å². The molecular formula is C22H16N6O12. The van der Waals surface area contributed by atoms with Gasteiger partial charge in [0, 0.05) is 33.4 Å². The molecule has 0 radical (unpaired) electrons. The van der Waals surface area contributed by atoms with Crippen LogP contribution < -0.4 is 0 Å². The lowest BCUT2D eigenvalue weighted by molar-refractivity contribution is -0.395. The molecule has 0 saturated carbocycles. The van der Waals surface area contributed by atoms with E-state index in [4.69, 9.17) is 0 Å². The summed E-state index contributed by atoms with van der Waals surface area (Å²) < 4.78 is 0. The zero-order valence-electron chi connectivity index (χ0n) is 20.6. The largest absolute Gasteiger partial charge is 0.280 e.